The molecule has 1 amide bonds. The quantitative estimate of drug-likeness (QED) is 0.867. The maximum Gasteiger partial charge on any atom is 0.322 e. The van der Waals surface area contributed by atoms with Crippen molar-refractivity contribution in [1.29, 1.82) is 0 Å². The predicted octanol–water partition coefficient (Wildman–Crippen LogP) is 1.51. The fourth-order valence-electron chi connectivity index (χ4n) is 1.78. The number of hydrogen-bond donors (Lipinski definition) is 2. The van der Waals surface area contributed by atoms with Crippen molar-refractivity contribution in [2.24, 2.45) is 0 Å². The first-order valence-electron chi connectivity index (χ1n) is 6.08. The van der Waals surface area contributed by atoms with Crippen LogP contribution in [-0.4, -0.2) is 28.5 Å². The molecule has 2 N–H and O–H groups in total. The van der Waals surface area contributed by atoms with Gasteiger partial charge in [-0.3, -0.25) is 14.6 Å². The lowest BCUT2D eigenvalue weighted by atomic mass is 10.1. The van der Waals surface area contributed by atoms with Gasteiger partial charge in [-0.05, 0) is 30.7 Å². The van der Waals surface area contributed by atoms with Crippen LogP contribution >= 0.6 is 0 Å². The number of carbonyl (C=O) groups is 2. The minimum absolute atomic E-state index is 0.160. The van der Waals surface area contributed by atoms with Gasteiger partial charge >= 0.3 is 5.97 Å². The Labute approximate surface area is 114 Å². The third kappa shape index (κ3) is 3.74. The normalized spacial score (nSPS) is 10.4. The molecule has 0 aliphatic carbocycles. The molecule has 0 unspecified atom stereocenters. The van der Waals surface area contributed by atoms with Crippen LogP contribution in [-0.2, 0) is 16.0 Å². The number of fused-ring (bicyclic) bond motifs is 1. The van der Waals surface area contributed by atoms with Gasteiger partial charge in [0.1, 0.15) is 12.4 Å². The van der Waals surface area contributed by atoms with Gasteiger partial charge in [0.05, 0.1) is 5.52 Å². The summed E-state index contributed by atoms with van der Waals surface area (Å²) >= 11 is 0. The highest BCUT2D eigenvalue weighted by atomic mass is 19.1. The van der Waals surface area contributed by atoms with E-state index in [1.54, 1.807) is 18.2 Å². The van der Waals surface area contributed by atoms with Crippen LogP contribution in [0, 0.1) is 5.82 Å². The molecule has 104 valence electrons. The van der Waals surface area contributed by atoms with Gasteiger partial charge in [-0.25, -0.2) is 4.39 Å². The van der Waals surface area contributed by atoms with Crippen LogP contribution in [0.25, 0.3) is 10.9 Å². The summed E-state index contributed by atoms with van der Waals surface area (Å²) in [6.45, 7) is -0.386. The topological polar surface area (TPSA) is 79.3 Å². The van der Waals surface area contributed by atoms with Crippen molar-refractivity contribution in [3.8, 4) is 0 Å². The highest BCUT2D eigenvalue weighted by molar-refractivity contribution is 5.81. The highest BCUT2D eigenvalue weighted by Gasteiger charge is 2.06. The zero-order chi connectivity index (χ0) is 14.5. The number of hydrogen-bond acceptors (Lipinski definition) is 3. The van der Waals surface area contributed by atoms with Gasteiger partial charge in [0.2, 0.25) is 5.91 Å². The summed E-state index contributed by atoms with van der Waals surface area (Å²) in [5, 5.41) is 11.4. The number of pyridine rings is 1. The van der Waals surface area contributed by atoms with Crippen molar-refractivity contribution >= 4 is 22.8 Å². The molecular weight excluding hydrogens is 263 g/mol. The number of nitrogens with zero attached hydrogens (tertiary/aromatic N) is 1. The molecule has 2 aromatic rings. The zero-order valence-corrected chi connectivity index (χ0v) is 10.6. The summed E-state index contributed by atoms with van der Waals surface area (Å²) in [5.41, 5.74) is 1.37. The second-order valence-corrected chi connectivity index (χ2v) is 4.31. The van der Waals surface area contributed by atoms with E-state index in [9.17, 15) is 14.0 Å². The van der Waals surface area contributed by atoms with Crippen LogP contribution in [0.5, 0.6) is 0 Å². The first kappa shape index (κ1) is 13.9. The number of nitrogens with one attached hydrogen (secondary N) is 1. The summed E-state index contributed by atoms with van der Waals surface area (Å²) in [6.07, 6.45) is 0.561. The van der Waals surface area contributed by atoms with Crippen molar-refractivity contribution in [2.45, 2.75) is 12.8 Å². The van der Waals surface area contributed by atoms with Gasteiger partial charge in [-0.2, -0.15) is 0 Å². The largest absolute Gasteiger partial charge is 0.480 e. The van der Waals surface area contributed by atoms with Crippen molar-refractivity contribution in [2.75, 3.05) is 6.54 Å². The second-order valence-electron chi connectivity index (χ2n) is 4.31. The van der Waals surface area contributed by atoms with Crippen LogP contribution in [0.4, 0.5) is 4.39 Å². The third-order valence-corrected chi connectivity index (χ3v) is 2.75. The number of carboxylic acid groups (broad SMARTS) is 1. The molecule has 1 aromatic heterocycles. The van der Waals surface area contributed by atoms with E-state index in [0.717, 1.165) is 0 Å². The fourth-order valence-corrected chi connectivity index (χ4v) is 1.78. The standard InChI is InChI=1S/C14H13FN2O3/c15-10-2-5-12-9(7-10)1-3-11(17-12)4-6-13(18)16-8-14(19)20/h1-3,5,7H,4,6,8H2,(H,16,18)(H,19,20). The summed E-state index contributed by atoms with van der Waals surface area (Å²) in [7, 11) is 0. The number of rotatable bonds is 5. The Kier molecular flexibility index (Phi) is 4.24. The molecule has 1 aromatic carbocycles. The number of aryl methyl sites for hydroxylation is 1. The van der Waals surface area contributed by atoms with Crippen LogP contribution < -0.4 is 5.32 Å². The molecule has 6 heteroatoms. The number of halogens is 1. The minimum atomic E-state index is -1.08. The molecule has 0 saturated heterocycles. The number of aliphatic carboxylic acids is 1. The lowest BCUT2D eigenvalue weighted by Gasteiger charge is -2.04. The van der Waals surface area contributed by atoms with Gasteiger partial charge < -0.3 is 10.4 Å². The van der Waals surface area contributed by atoms with E-state index in [0.29, 0.717) is 23.0 Å². The minimum Gasteiger partial charge on any atom is -0.480 e. The average Bonchev–Trinajstić information content (AvgIpc) is 2.42. The van der Waals surface area contributed by atoms with Gasteiger partial charge in [0.25, 0.3) is 0 Å². The van der Waals surface area contributed by atoms with E-state index in [1.807, 2.05) is 0 Å². The molecule has 5 nitrogen and oxygen atoms in total. The Morgan fingerprint density at radius 2 is 2.05 bits per heavy atom. The van der Waals surface area contributed by atoms with Crippen molar-refractivity contribution in [3.05, 3.63) is 41.8 Å². The second kappa shape index (κ2) is 6.10. The summed E-state index contributed by atoms with van der Waals surface area (Å²) in [6, 6.07) is 7.78. The Hall–Kier alpha value is -2.50. The molecule has 2 rings (SSSR count). The Bertz CT molecular complexity index is 658. The highest BCUT2D eigenvalue weighted by Crippen LogP contribution is 2.14. The number of aromatic nitrogens is 1. The maximum atomic E-state index is 13.0. The van der Waals surface area contributed by atoms with E-state index in [-0.39, 0.29) is 24.7 Å². The third-order valence-electron chi connectivity index (χ3n) is 2.75. The van der Waals surface area contributed by atoms with Crippen molar-refractivity contribution < 1.29 is 19.1 Å². The molecule has 20 heavy (non-hydrogen) atoms. The average molecular weight is 276 g/mol. The first-order valence-corrected chi connectivity index (χ1v) is 6.08. The van der Waals surface area contributed by atoms with E-state index in [4.69, 9.17) is 5.11 Å². The molecule has 0 aliphatic heterocycles. The van der Waals surface area contributed by atoms with Crippen molar-refractivity contribution in [1.82, 2.24) is 10.3 Å². The smallest absolute Gasteiger partial charge is 0.322 e. The molecule has 0 fully saturated rings. The zero-order valence-electron chi connectivity index (χ0n) is 10.6. The lowest BCUT2D eigenvalue weighted by molar-refractivity contribution is -0.137. The van der Waals surface area contributed by atoms with Crippen LogP contribution in [0.3, 0.4) is 0 Å². The molecular formula is C14H13FN2O3. The molecule has 0 atom stereocenters. The number of amides is 1. The summed E-state index contributed by atoms with van der Waals surface area (Å²) < 4.78 is 13.0. The Balaban J connectivity index is 1.98. The van der Waals surface area contributed by atoms with Crippen LogP contribution in [0.2, 0.25) is 0 Å². The maximum absolute atomic E-state index is 13.0. The van der Waals surface area contributed by atoms with E-state index in [2.05, 4.69) is 10.3 Å². The van der Waals surface area contributed by atoms with Gasteiger partial charge in [0.15, 0.2) is 0 Å². The molecule has 1 heterocycles. The lowest BCUT2D eigenvalue weighted by Crippen LogP contribution is -2.29. The van der Waals surface area contributed by atoms with E-state index < -0.39 is 5.97 Å². The molecule has 0 aliphatic rings. The first-order chi connectivity index (χ1) is 9.54. The predicted molar refractivity (Wildman–Crippen MR) is 70.7 cm³/mol. The summed E-state index contributed by atoms with van der Waals surface area (Å²) in [5.74, 6) is -1.74. The van der Waals surface area contributed by atoms with Crippen LogP contribution in [0.1, 0.15) is 12.1 Å². The Morgan fingerprint density at radius 3 is 2.80 bits per heavy atom. The summed E-state index contributed by atoms with van der Waals surface area (Å²) in [4.78, 5) is 26.0. The van der Waals surface area contributed by atoms with E-state index >= 15 is 0 Å². The Morgan fingerprint density at radius 1 is 1.25 bits per heavy atom. The molecule has 0 spiro atoms. The number of carboxylic acids is 1. The van der Waals surface area contributed by atoms with Gasteiger partial charge in [-0.1, -0.05) is 6.07 Å². The van der Waals surface area contributed by atoms with Gasteiger partial charge in [0, 0.05) is 17.5 Å². The molecule has 0 bridgehead atoms. The number of carbonyl (C=O) groups excluding carboxylic acids is 1. The van der Waals surface area contributed by atoms with E-state index in [1.165, 1.54) is 12.1 Å². The molecule has 0 saturated carbocycles. The monoisotopic (exact) mass is 276 g/mol. The van der Waals surface area contributed by atoms with Gasteiger partial charge in [-0.15, -0.1) is 0 Å². The SMILES string of the molecule is O=C(O)CNC(=O)CCc1ccc2cc(F)ccc2n1. The van der Waals surface area contributed by atoms with Crippen LogP contribution in [0.15, 0.2) is 30.3 Å². The number of benzene rings is 1. The van der Waals surface area contributed by atoms with Crippen molar-refractivity contribution in [3.63, 3.8) is 0 Å². The molecule has 0 radical (unpaired) electrons. The fraction of sp³-hybridized carbons (Fsp3) is 0.214.